The zero-order valence-corrected chi connectivity index (χ0v) is 17.6. The third-order valence-corrected chi connectivity index (χ3v) is 7.55. The van der Waals surface area contributed by atoms with Crippen LogP contribution in [-0.4, -0.2) is 36.0 Å². The molecule has 2 nitrogen and oxygen atoms in total. The summed E-state index contributed by atoms with van der Waals surface area (Å²) in [5, 5.41) is 0. The number of fused-ring (bicyclic) bond motifs is 1. The molecule has 1 fully saturated rings. The lowest BCUT2D eigenvalue weighted by Gasteiger charge is -2.42. The molecular formula is C28H30N2. The smallest absolute Gasteiger partial charge is 0.0237 e. The zero-order valence-electron chi connectivity index (χ0n) is 17.6. The van der Waals surface area contributed by atoms with Crippen LogP contribution >= 0.6 is 0 Å². The summed E-state index contributed by atoms with van der Waals surface area (Å²) in [4.78, 5) is 5.27. The van der Waals surface area contributed by atoms with Gasteiger partial charge in [-0.05, 0) is 46.2 Å². The molecule has 0 N–H and O–H groups in total. The summed E-state index contributed by atoms with van der Waals surface area (Å²) in [6.45, 7) is 6.85. The van der Waals surface area contributed by atoms with Gasteiger partial charge in [-0.25, -0.2) is 0 Å². The first-order valence-electron chi connectivity index (χ1n) is 11.6. The fourth-order valence-electron chi connectivity index (χ4n) is 6.10. The van der Waals surface area contributed by atoms with Crippen LogP contribution in [0.5, 0.6) is 0 Å². The monoisotopic (exact) mass is 394 g/mol. The summed E-state index contributed by atoms with van der Waals surface area (Å²) >= 11 is 0. The van der Waals surface area contributed by atoms with Crippen molar-refractivity contribution in [2.75, 3.05) is 26.2 Å². The third-order valence-electron chi connectivity index (χ3n) is 7.55. The van der Waals surface area contributed by atoms with E-state index in [0.29, 0.717) is 11.8 Å². The highest BCUT2D eigenvalue weighted by Crippen LogP contribution is 2.53. The normalized spacial score (nSPS) is 23.2. The molecule has 2 unspecified atom stereocenters. The van der Waals surface area contributed by atoms with E-state index < -0.39 is 0 Å². The van der Waals surface area contributed by atoms with E-state index in [0.717, 1.165) is 13.1 Å². The fourth-order valence-corrected chi connectivity index (χ4v) is 6.10. The number of benzene rings is 3. The molecule has 3 aliphatic carbocycles. The second-order valence-corrected chi connectivity index (χ2v) is 9.27. The van der Waals surface area contributed by atoms with Gasteiger partial charge in [-0.2, -0.15) is 0 Å². The molecule has 2 heteroatoms. The van der Waals surface area contributed by atoms with E-state index in [1.165, 1.54) is 44.6 Å². The van der Waals surface area contributed by atoms with Crippen LogP contribution in [0.1, 0.15) is 58.1 Å². The van der Waals surface area contributed by atoms with Gasteiger partial charge in [-0.3, -0.25) is 9.80 Å². The molecule has 1 saturated heterocycles. The summed E-state index contributed by atoms with van der Waals surface area (Å²) < 4.78 is 0. The predicted molar refractivity (Wildman–Crippen MR) is 123 cm³/mol. The molecule has 3 aromatic carbocycles. The maximum atomic E-state index is 2.67. The minimum atomic E-state index is 0.608. The maximum absolute atomic E-state index is 2.67. The van der Waals surface area contributed by atoms with Crippen LogP contribution in [0, 0.1) is 0 Å². The zero-order chi connectivity index (χ0) is 19.9. The molecule has 1 heterocycles. The standard InChI is InChI=1S/C28H30N2/c1-2-7-21(8-3-1)19-29-15-17-30(18-16-29)20-22-9-6-12-26-25-13-14-27(28(22)26)24-11-5-4-10-23(24)25/h1-12,25,27H,13-20H2. The second-order valence-electron chi connectivity index (χ2n) is 9.27. The highest BCUT2D eigenvalue weighted by Gasteiger charge is 2.38. The number of hydrogen-bond acceptors (Lipinski definition) is 2. The Morgan fingerprint density at radius 1 is 0.567 bits per heavy atom. The highest BCUT2D eigenvalue weighted by atomic mass is 15.3. The van der Waals surface area contributed by atoms with Crippen molar-refractivity contribution in [1.29, 1.82) is 0 Å². The first-order valence-corrected chi connectivity index (χ1v) is 11.6. The molecule has 2 bridgehead atoms. The van der Waals surface area contributed by atoms with E-state index in [1.54, 1.807) is 27.8 Å². The van der Waals surface area contributed by atoms with Crippen LogP contribution in [0.15, 0.2) is 72.8 Å². The molecule has 152 valence electrons. The fraction of sp³-hybridized carbons (Fsp3) is 0.357. The SMILES string of the molecule is c1ccc(CN2CCN(Cc3cccc4c3C3CCC4c4ccccc43)CC2)cc1. The lowest BCUT2D eigenvalue weighted by atomic mass is 9.63. The van der Waals surface area contributed by atoms with Crippen LogP contribution in [0.4, 0.5) is 0 Å². The van der Waals surface area contributed by atoms with Gasteiger partial charge in [0.1, 0.15) is 0 Å². The van der Waals surface area contributed by atoms with Gasteiger partial charge in [0.15, 0.2) is 0 Å². The largest absolute Gasteiger partial charge is 0.297 e. The van der Waals surface area contributed by atoms with Crippen molar-refractivity contribution >= 4 is 0 Å². The van der Waals surface area contributed by atoms with E-state index >= 15 is 0 Å². The van der Waals surface area contributed by atoms with Crippen molar-refractivity contribution in [3.05, 3.63) is 106 Å². The van der Waals surface area contributed by atoms with Crippen LogP contribution in [0.3, 0.4) is 0 Å². The first-order chi connectivity index (χ1) is 14.9. The van der Waals surface area contributed by atoms with Gasteiger partial charge in [-0.15, -0.1) is 0 Å². The van der Waals surface area contributed by atoms with Gasteiger partial charge in [0.2, 0.25) is 0 Å². The molecule has 2 atom stereocenters. The topological polar surface area (TPSA) is 6.48 Å². The average Bonchev–Trinajstić information content (AvgIpc) is 2.82. The summed E-state index contributed by atoms with van der Waals surface area (Å²) in [6, 6.07) is 27.2. The number of hydrogen-bond donors (Lipinski definition) is 0. The Kier molecular flexibility index (Phi) is 4.70. The lowest BCUT2D eigenvalue weighted by Crippen LogP contribution is -2.45. The van der Waals surface area contributed by atoms with Crippen LogP contribution in [0.25, 0.3) is 0 Å². The van der Waals surface area contributed by atoms with E-state index in [1.807, 2.05) is 0 Å². The Morgan fingerprint density at radius 3 is 1.93 bits per heavy atom. The quantitative estimate of drug-likeness (QED) is 0.586. The third kappa shape index (κ3) is 3.19. The Hall–Kier alpha value is -2.42. The minimum Gasteiger partial charge on any atom is -0.297 e. The van der Waals surface area contributed by atoms with Crippen LogP contribution in [0.2, 0.25) is 0 Å². The maximum Gasteiger partial charge on any atom is 0.0237 e. The van der Waals surface area contributed by atoms with Crippen LogP contribution < -0.4 is 0 Å². The molecule has 7 rings (SSSR count). The predicted octanol–water partition coefficient (Wildman–Crippen LogP) is 5.38. The molecule has 1 aliphatic heterocycles. The summed E-state index contributed by atoms with van der Waals surface area (Å²) in [7, 11) is 0. The summed E-state index contributed by atoms with van der Waals surface area (Å²) in [6.07, 6.45) is 2.63. The van der Waals surface area contributed by atoms with Crippen molar-refractivity contribution in [3.8, 4) is 0 Å². The number of nitrogens with zero attached hydrogens (tertiary/aromatic N) is 2. The van der Waals surface area contributed by atoms with Gasteiger partial charge in [0.05, 0.1) is 0 Å². The lowest BCUT2D eigenvalue weighted by molar-refractivity contribution is 0.121. The summed E-state index contributed by atoms with van der Waals surface area (Å²) in [5.74, 6) is 1.22. The molecule has 0 amide bonds. The van der Waals surface area contributed by atoms with Crippen molar-refractivity contribution in [3.63, 3.8) is 0 Å². The van der Waals surface area contributed by atoms with E-state index in [2.05, 4.69) is 82.6 Å². The van der Waals surface area contributed by atoms with Gasteiger partial charge < -0.3 is 0 Å². The molecule has 0 spiro atoms. The Bertz CT molecular complexity index is 1030. The highest BCUT2D eigenvalue weighted by molar-refractivity contribution is 5.57. The Morgan fingerprint density at radius 2 is 1.17 bits per heavy atom. The molecule has 0 aromatic heterocycles. The average molecular weight is 395 g/mol. The molecule has 0 saturated carbocycles. The van der Waals surface area contributed by atoms with Gasteiger partial charge in [0.25, 0.3) is 0 Å². The number of rotatable bonds is 4. The van der Waals surface area contributed by atoms with Crippen molar-refractivity contribution in [1.82, 2.24) is 9.80 Å². The molecule has 30 heavy (non-hydrogen) atoms. The van der Waals surface area contributed by atoms with E-state index in [9.17, 15) is 0 Å². The Labute approximate surface area is 180 Å². The summed E-state index contributed by atoms with van der Waals surface area (Å²) in [5.41, 5.74) is 9.48. The van der Waals surface area contributed by atoms with Gasteiger partial charge in [-0.1, -0.05) is 72.8 Å². The van der Waals surface area contributed by atoms with Crippen molar-refractivity contribution in [2.45, 2.75) is 37.8 Å². The Balaban J connectivity index is 1.18. The van der Waals surface area contributed by atoms with Gasteiger partial charge in [0, 0.05) is 51.1 Å². The molecule has 4 aliphatic rings. The van der Waals surface area contributed by atoms with E-state index in [-0.39, 0.29) is 0 Å². The van der Waals surface area contributed by atoms with Crippen molar-refractivity contribution in [2.24, 2.45) is 0 Å². The molecular weight excluding hydrogens is 364 g/mol. The minimum absolute atomic E-state index is 0.608. The molecule has 0 radical (unpaired) electrons. The first kappa shape index (κ1) is 18.4. The van der Waals surface area contributed by atoms with E-state index in [4.69, 9.17) is 0 Å². The van der Waals surface area contributed by atoms with Gasteiger partial charge >= 0.3 is 0 Å². The number of piperazine rings is 1. The van der Waals surface area contributed by atoms with Crippen LogP contribution in [-0.2, 0) is 13.1 Å². The second kappa shape index (κ2) is 7.68. The molecule has 3 aromatic rings. The van der Waals surface area contributed by atoms with Crippen molar-refractivity contribution < 1.29 is 0 Å².